The summed E-state index contributed by atoms with van der Waals surface area (Å²) in [6, 6.07) is 4.51. The number of nitrogens with one attached hydrogen (secondary N) is 2. The summed E-state index contributed by atoms with van der Waals surface area (Å²) in [5.41, 5.74) is -0.290. The van der Waals surface area contributed by atoms with E-state index < -0.39 is 26.9 Å². The first-order valence-electron chi connectivity index (χ1n) is 10.7. The fourth-order valence-corrected chi connectivity index (χ4v) is 5.60. The van der Waals surface area contributed by atoms with Crippen LogP contribution in [-0.4, -0.2) is 73.3 Å². The average molecular weight is 468 g/mol. The molecule has 1 aromatic rings. The summed E-state index contributed by atoms with van der Waals surface area (Å²) < 4.78 is 26.9. The van der Waals surface area contributed by atoms with E-state index in [-0.39, 0.29) is 36.3 Å². The van der Waals surface area contributed by atoms with Crippen molar-refractivity contribution in [1.29, 1.82) is 0 Å². The summed E-state index contributed by atoms with van der Waals surface area (Å²) in [4.78, 5) is 36.3. The van der Waals surface area contributed by atoms with Crippen LogP contribution >= 0.6 is 0 Å². The summed E-state index contributed by atoms with van der Waals surface area (Å²) in [6.07, 6.45) is 4.18. The molecular formula is C20H29N5O6S. The van der Waals surface area contributed by atoms with Crippen molar-refractivity contribution in [3.63, 3.8) is 0 Å². The van der Waals surface area contributed by atoms with Crippen LogP contribution in [0.15, 0.2) is 29.2 Å². The number of sulfonamides is 1. The number of rotatable bonds is 6. The zero-order valence-electron chi connectivity index (χ0n) is 18.0. The highest BCUT2D eigenvalue weighted by Gasteiger charge is 2.30. The molecule has 3 rings (SSSR count). The SMILES string of the molecule is CC1CCCCC1NC(=O)NC(=O)CN1CCN(S(=O)(=O)c2cccc([N+](=O)[O-])c2)CC1. The smallest absolute Gasteiger partial charge is 0.321 e. The third kappa shape index (κ3) is 6.02. The number of nitro benzene ring substituents is 1. The largest absolute Gasteiger partial charge is 0.335 e. The Morgan fingerprint density at radius 3 is 2.50 bits per heavy atom. The second kappa shape index (κ2) is 10.4. The summed E-state index contributed by atoms with van der Waals surface area (Å²) in [5, 5.41) is 16.2. The topological polar surface area (TPSA) is 142 Å². The molecule has 3 amide bonds. The Kier molecular flexibility index (Phi) is 7.80. The fourth-order valence-electron chi connectivity index (χ4n) is 4.14. The van der Waals surface area contributed by atoms with Crippen LogP contribution in [0.3, 0.4) is 0 Å². The van der Waals surface area contributed by atoms with Crippen LogP contribution < -0.4 is 10.6 Å². The van der Waals surface area contributed by atoms with E-state index in [0.29, 0.717) is 19.0 Å². The number of hydrogen-bond acceptors (Lipinski definition) is 7. The molecule has 1 aliphatic carbocycles. The molecule has 2 aliphatic rings. The standard InChI is InChI=1S/C20H29N5O6S/c1-15-5-2-3-8-18(15)21-20(27)22-19(26)14-23-9-11-24(12-10-23)32(30,31)17-7-4-6-16(13-17)25(28)29/h4,6-7,13,15,18H,2-3,5,8-12,14H2,1H3,(H2,21,22,26,27). The van der Waals surface area contributed by atoms with Crippen molar-refractivity contribution in [2.45, 2.75) is 43.5 Å². The second-order valence-electron chi connectivity index (χ2n) is 8.32. The molecule has 1 aliphatic heterocycles. The van der Waals surface area contributed by atoms with Crippen LogP contribution in [0.4, 0.5) is 10.5 Å². The molecule has 12 heteroatoms. The molecule has 2 fully saturated rings. The number of piperazine rings is 1. The molecule has 2 atom stereocenters. The van der Waals surface area contributed by atoms with Gasteiger partial charge in [-0.3, -0.25) is 25.1 Å². The number of hydrogen-bond donors (Lipinski definition) is 2. The van der Waals surface area contributed by atoms with E-state index >= 15 is 0 Å². The molecule has 1 saturated carbocycles. The molecule has 11 nitrogen and oxygen atoms in total. The molecule has 0 radical (unpaired) electrons. The molecule has 0 aromatic heterocycles. The van der Waals surface area contributed by atoms with Gasteiger partial charge < -0.3 is 5.32 Å². The first kappa shape index (κ1) is 24.1. The predicted molar refractivity (Wildman–Crippen MR) is 116 cm³/mol. The lowest BCUT2D eigenvalue weighted by Crippen LogP contribution is -2.53. The van der Waals surface area contributed by atoms with Gasteiger partial charge in [-0.1, -0.05) is 25.8 Å². The molecule has 176 valence electrons. The lowest BCUT2D eigenvalue weighted by Gasteiger charge is -2.33. The third-order valence-corrected chi connectivity index (χ3v) is 7.94. The minimum Gasteiger partial charge on any atom is -0.335 e. The second-order valence-corrected chi connectivity index (χ2v) is 10.3. The van der Waals surface area contributed by atoms with Gasteiger partial charge in [0.15, 0.2) is 0 Å². The highest BCUT2D eigenvalue weighted by atomic mass is 32.2. The van der Waals surface area contributed by atoms with E-state index in [9.17, 15) is 28.1 Å². The monoisotopic (exact) mass is 467 g/mol. The number of nitrogens with zero attached hydrogens (tertiary/aromatic N) is 3. The normalized spacial score (nSPS) is 22.8. The number of imide groups is 1. The van der Waals surface area contributed by atoms with E-state index in [1.165, 1.54) is 22.5 Å². The summed E-state index contributed by atoms with van der Waals surface area (Å²) >= 11 is 0. The summed E-state index contributed by atoms with van der Waals surface area (Å²) in [6.45, 7) is 2.98. The summed E-state index contributed by atoms with van der Waals surface area (Å²) in [5.74, 6) is -0.0633. The molecular weight excluding hydrogens is 438 g/mol. The lowest BCUT2D eigenvalue weighted by molar-refractivity contribution is -0.385. The Hall–Kier alpha value is -2.57. The number of benzene rings is 1. The van der Waals surface area contributed by atoms with Gasteiger partial charge in [0.25, 0.3) is 5.69 Å². The van der Waals surface area contributed by atoms with Crippen LogP contribution in [0.25, 0.3) is 0 Å². The maximum Gasteiger partial charge on any atom is 0.321 e. The minimum atomic E-state index is -3.87. The highest BCUT2D eigenvalue weighted by molar-refractivity contribution is 7.89. The Morgan fingerprint density at radius 1 is 1.16 bits per heavy atom. The number of carbonyl (C=O) groups excluding carboxylic acids is 2. The average Bonchev–Trinajstić information content (AvgIpc) is 2.75. The number of nitro groups is 1. The van der Waals surface area contributed by atoms with E-state index in [1.54, 1.807) is 4.90 Å². The minimum absolute atomic E-state index is 0.0155. The van der Waals surface area contributed by atoms with Crippen LogP contribution in [0.2, 0.25) is 0 Å². The van der Waals surface area contributed by atoms with Crippen LogP contribution in [0.1, 0.15) is 32.6 Å². The maximum atomic E-state index is 12.8. The molecule has 2 N–H and O–H groups in total. The fraction of sp³-hybridized carbons (Fsp3) is 0.600. The molecule has 1 saturated heterocycles. The number of non-ortho nitro benzene ring substituents is 1. The predicted octanol–water partition coefficient (Wildman–Crippen LogP) is 1.31. The van der Waals surface area contributed by atoms with Crippen molar-refractivity contribution in [3.8, 4) is 0 Å². The van der Waals surface area contributed by atoms with Gasteiger partial charge in [-0.15, -0.1) is 0 Å². The highest BCUT2D eigenvalue weighted by Crippen LogP contribution is 2.24. The van der Waals surface area contributed by atoms with Gasteiger partial charge in [0, 0.05) is 44.4 Å². The van der Waals surface area contributed by atoms with Gasteiger partial charge >= 0.3 is 6.03 Å². The lowest BCUT2D eigenvalue weighted by atomic mass is 9.86. The van der Waals surface area contributed by atoms with Gasteiger partial charge in [-0.25, -0.2) is 13.2 Å². The van der Waals surface area contributed by atoms with Gasteiger partial charge in [-0.2, -0.15) is 4.31 Å². The first-order chi connectivity index (χ1) is 15.2. The number of urea groups is 1. The quantitative estimate of drug-likeness (QED) is 0.474. The maximum absolute atomic E-state index is 12.8. The molecule has 1 aromatic carbocycles. The Balaban J connectivity index is 1.48. The molecule has 2 unspecified atom stereocenters. The first-order valence-corrected chi connectivity index (χ1v) is 12.2. The van der Waals surface area contributed by atoms with Crippen molar-refractivity contribution in [3.05, 3.63) is 34.4 Å². The van der Waals surface area contributed by atoms with Crippen molar-refractivity contribution in [2.24, 2.45) is 5.92 Å². The molecule has 0 bridgehead atoms. The zero-order valence-corrected chi connectivity index (χ0v) is 18.8. The Morgan fingerprint density at radius 2 is 1.84 bits per heavy atom. The van der Waals surface area contributed by atoms with E-state index in [2.05, 4.69) is 17.6 Å². The zero-order chi connectivity index (χ0) is 23.3. The van der Waals surface area contributed by atoms with Gasteiger partial charge in [0.1, 0.15) is 0 Å². The van der Waals surface area contributed by atoms with E-state index in [1.807, 2.05) is 0 Å². The van der Waals surface area contributed by atoms with Crippen LogP contribution in [0, 0.1) is 16.0 Å². The third-order valence-electron chi connectivity index (χ3n) is 6.05. The molecule has 1 heterocycles. The Labute approximate surface area is 187 Å². The van der Waals surface area contributed by atoms with Crippen molar-refractivity contribution >= 4 is 27.6 Å². The Bertz CT molecular complexity index is 961. The van der Waals surface area contributed by atoms with E-state index in [0.717, 1.165) is 31.7 Å². The molecule has 0 spiro atoms. The van der Waals surface area contributed by atoms with Gasteiger partial charge in [-0.05, 0) is 24.8 Å². The van der Waals surface area contributed by atoms with Crippen LogP contribution in [-0.2, 0) is 14.8 Å². The van der Waals surface area contributed by atoms with E-state index in [4.69, 9.17) is 0 Å². The van der Waals surface area contributed by atoms with Crippen molar-refractivity contribution in [1.82, 2.24) is 19.8 Å². The van der Waals surface area contributed by atoms with Gasteiger partial charge in [0.2, 0.25) is 15.9 Å². The van der Waals surface area contributed by atoms with Crippen LogP contribution in [0.5, 0.6) is 0 Å². The summed E-state index contributed by atoms with van der Waals surface area (Å²) in [7, 11) is -3.87. The van der Waals surface area contributed by atoms with Gasteiger partial charge in [0.05, 0.1) is 16.4 Å². The van der Waals surface area contributed by atoms with Crippen molar-refractivity contribution in [2.75, 3.05) is 32.7 Å². The molecule has 32 heavy (non-hydrogen) atoms. The number of carbonyl (C=O) groups is 2. The number of amides is 3. The van der Waals surface area contributed by atoms with Crippen molar-refractivity contribution < 1.29 is 22.9 Å².